The van der Waals surface area contributed by atoms with Gasteiger partial charge in [-0.2, -0.15) is 16.7 Å². The van der Waals surface area contributed by atoms with Gasteiger partial charge in [0.05, 0.1) is 12.8 Å². The lowest BCUT2D eigenvalue weighted by atomic mass is 10.1. The SMILES string of the molecule is CSc1nc2nc(C)c(CC(=O)Nc3ccc(CC(=O)N4CCSCC4)cc3)c(C)n2n1. The second-order valence-corrected chi connectivity index (χ2v) is 9.66. The van der Waals surface area contributed by atoms with E-state index in [2.05, 4.69) is 20.4 Å². The van der Waals surface area contributed by atoms with E-state index in [4.69, 9.17) is 0 Å². The van der Waals surface area contributed by atoms with Crippen LogP contribution in [0.4, 0.5) is 5.69 Å². The van der Waals surface area contributed by atoms with Gasteiger partial charge < -0.3 is 10.2 Å². The highest BCUT2D eigenvalue weighted by molar-refractivity contribution is 7.99. The number of amides is 2. The fraction of sp³-hybridized carbons (Fsp3) is 0.409. The molecular weight excluding hydrogens is 444 g/mol. The highest BCUT2D eigenvalue weighted by atomic mass is 32.2. The van der Waals surface area contributed by atoms with Crippen molar-refractivity contribution in [3.8, 4) is 0 Å². The van der Waals surface area contributed by atoms with E-state index < -0.39 is 0 Å². The van der Waals surface area contributed by atoms with Crippen LogP contribution in [-0.4, -0.2) is 67.1 Å². The highest BCUT2D eigenvalue weighted by Crippen LogP contribution is 2.18. The molecule has 4 rings (SSSR count). The Hall–Kier alpha value is -2.59. The smallest absolute Gasteiger partial charge is 0.253 e. The van der Waals surface area contributed by atoms with Crippen molar-refractivity contribution in [2.75, 3.05) is 36.2 Å². The van der Waals surface area contributed by atoms with Gasteiger partial charge in [0.2, 0.25) is 17.0 Å². The van der Waals surface area contributed by atoms with E-state index in [0.717, 1.165) is 47.1 Å². The van der Waals surface area contributed by atoms with Crippen LogP contribution < -0.4 is 5.32 Å². The second-order valence-electron chi connectivity index (χ2n) is 7.66. The predicted octanol–water partition coefficient (Wildman–Crippen LogP) is 2.76. The number of rotatable bonds is 6. The van der Waals surface area contributed by atoms with Crippen LogP contribution in [0.25, 0.3) is 5.78 Å². The van der Waals surface area contributed by atoms with Gasteiger partial charge in [-0.25, -0.2) is 9.50 Å². The summed E-state index contributed by atoms with van der Waals surface area (Å²) >= 11 is 3.34. The molecule has 1 aliphatic rings. The summed E-state index contributed by atoms with van der Waals surface area (Å²) in [7, 11) is 0. The van der Waals surface area contributed by atoms with Crippen molar-refractivity contribution in [3.63, 3.8) is 0 Å². The summed E-state index contributed by atoms with van der Waals surface area (Å²) in [5.41, 5.74) is 4.13. The van der Waals surface area contributed by atoms with Gasteiger partial charge in [-0.05, 0) is 37.8 Å². The summed E-state index contributed by atoms with van der Waals surface area (Å²) in [6, 6.07) is 7.48. The molecule has 0 saturated carbocycles. The predicted molar refractivity (Wildman–Crippen MR) is 128 cm³/mol. The Morgan fingerprint density at radius 1 is 1.09 bits per heavy atom. The van der Waals surface area contributed by atoms with E-state index >= 15 is 0 Å². The molecular formula is C22H26N6O2S2. The molecule has 0 atom stereocenters. The molecule has 8 nitrogen and oxygen atoms in total. The van der Waals surface area contributed by atoms with E-state index in [1.807, 2.05) is 61.0 Å². The van der Waals surface area contributed by atoms with Crippen LogP contribution in [-0.2, 0) is 22.4 Å². The van der Waals surface area contributed by atoms with Crippen LogP contribution in [0.2, 0.25) is 0 Å². The molecule has 1 aromatic carbocycles. The molecule has 10 heteroatoms. The summed E-state index contributed by atoms with van der Waals surface area (Å²) in [4.78, 5) is 35.9. The van der Waals surface area contributed by atoms with Crippen molar-refractivity contribution in [2.24, 2.45) is 0 Å². The molecule has 0 spiro atoms. The summed E-state index contributed by atoms with van der Waals surface area (Å²) < 4.78 is 1.69. The standard InChI is InChI=1S/C22H26N6O2S2/c1-14-18(15(2)28-21(23-14)25-22(26-28)31-3)13-19(29)24-17-6-4-16(5-7-17)12-20(30)27-8-10-32-11-9-27/h4-7H,8-13H2,1-3H3,(H,24,29). The number of anilines is 1. The first-order valence-electron chi connectivity index (χ1n) is 10.5. The van der Waals surface area contributed by atoms with Gasteiger partial charge >= 0.3 is 0 Å². The average molecular weight is 471 g/mol. The van der Waals surface area contributed by atoms with E-state index in [-0.39, 0.29) is 18.2 Å². The molecule has 1 fully saturated rings. The minimum Gasteiger partial charge on any atom is -0.341 e. The van der Waals surface area contributed by atoms with Crippen LogP contribution in [0.1, 0.15) is 22.5 Å². The van der Waals surface area contributed by atoms with Crippen molar-refractivity contribution >= 4 is 46.8 Å². The Kier molecular flexibility index (Phi) is 7.00. The molecule has 2 aromatic heterocycles. The normalized spacial score (nSPS) is 14.0. The van der Waals surface area contributed by atoms with Crippen molar-refractivity contribution in [2.45, 2.75) is 31.8 Å². The molecule has 0 aliphatic carbocycles. The zero-order valence-corrected chi connectivity index (χ0v) is 20.1. The maximum atomic E-state index is 12.7. The Bertz CT molecular complexity index is 1140. The van der Waals surface area contributed by atoms with Crippen LogP contribution >= 0.6 is 23.5 Å². The maximum absolute atomic E-state index is 12.7. The lowest BCUT2D eigenvalue weighted by Gasteiger charge is -2.26. The first-order valence-corrected chi connectivity index (χ1v) is 12.8. The lowest BCUT2D eigenvalue weighted by Crippen LogP contribution is -2.38. The monoisotopic (exact) mass is 470 g/mol. The third-order valence-corrected chi connectivity index (χ3v) is 6.99. The molecule has 3 heterocycles. The summed E-state index contributed by atoms with van der Waals surface area (Å²) in [6.07, 6.45) is 2.50. The van der Waals surface area contributed by atoms with Crippen molar-refractivity contribution in [1.29, 1.82) is 0 Å². The fourth-order valence-electron chi connectivity index (χ4n) is 3.70. The van der Waals surface area contributed by atoms with Gasteiger partial charge in [0.15, 0.2) is 0 Å². The average Bonchev–Trinajstić information content (AvgIpc) is 3.22. The van der Waals surface area contributed by atoms with Gasteiger partial charge in [-0.3, -0.25) is 9.59 Å². The molecule has 2 amide bonds. The maximum Gasteiger partial charge on any atom is 0.253 e. The molecule has 3 aromatic rings. The van der Waals surface area contributed by atoms with Gasteiger partial charge in [0, 0.05) is 47.2 Å². The first-order chi connectivity index (χ1) is 15.4. The number of carbonyl (C=O) groups is 2. The minimum atomic E-state index is -0.128. The lowest BCUT2D eigenvalue weighted by molar-refractivity contribution is -0.130. The van der Waals surface area contributed by atoms with E-state index in [0.29, 0.717) is 23.0 Å². The summed E-state index contributed by atoms with van der Waals surface area (Å²) in [5.74, 6) is 2.59. The molecule has 1 N–H and O–H groups in total. The molecule has 0 bridgehead atoms. The van der Waals surface area contributed by atoms with Gasteiger partial charge in [-0.15, -0.1) is 5.10 Å². The Balaban J connectivity index is 1.39. The number of hydrogen-bond acceptors (Lipinski definition) is 7. The molecule has 168 valence electrons. The molecule has 1 aliphatic heterocycles. The van der Waals surface area contributed by atoms with Gasteiger partial charge in [-0.1, -0.05) is 23.9 Å². The Morgan fingerprint density at radius 2 is 1.81 bits per heavy atom. The fourth-order valence-corrected chi connectivity index (χ4v) is 4.94. The largest absolute Gasteiger partial charge is 0.341 e. The molecule has 1 saturated heterocycles. The summed E-state index contributed by atoms with van der Waals surface area (Å²) in [6.45, 7) is 5.46. The number of nitrogens with one attached hydrogen (secondary N) is 1. The number of nitrogens with zero attached hydrogens (tertiary/aromatic N) is 5. The number of carbonyl (C=O) groups excluding carboxylic acids is 2. The number of aromatic nitrogens is 4. The zero-order valence-electron chi connectivity index (χ0n) is 18.4. The van der Waals surface area contributed by atoms with E-state index in [1.54, 1.807) is 4.52 Å². The first kappa shape index (κ1) is 22.6. The van der Waals surface area contributed by atoms with Crippen LogP contribution in [0, 0.1) is 13.8 Å². The van der Waals surface area contributed by atoms with Crippen molar-refractivity contribution in [3.05, 3.63) is 46.8 Å². The molecule has 0 unspecified atom stereocenters. The number of aryl methyl sites for hydroxylation is 2. The minimum absolute atomic E-state index is 0.128. The number of fused-ring (bicyclic) bond motifs is 1. The van der Waals surface area contributed by atoms with Crippen LogP contribution in [0.15, 0.2) is 29.4 Å². The Morgan fingerprint density at radius 3 is 2.50 bits per heavy atom. The number of hydrogen-bond donors (Lipinski definition) is 1. The third-order valence-electron chi connectivity index (χ3n) is 5.51. The van der Waals surface area contributed by atoms with Crippen LogP contribution in [0.5, 0.6) is 0 Å². The Labute approximate surface area is 195 Å². The van der Waals surface area contributed by atoms with E-state index in [1.165, 1.54) is 11.8 Å². The third kappa shape index (κ3) is 5.07. The van der Waals surface area contributed by atoms with Crippen molar-refractivity contribution in [1.82, 2.24) is 24.5 Å². The van der Waals surface area contributed by atoms with E-state index in [9.17, 15) is 9.59 Å². The second kappa shape index (κ2) is 9.91. The molecule has 0 radical (unpaired) electrons. The molecule has 32 heavy (non-hydrogen) atoms. The highest BCUT2D eigenvalue weighted by Gasteiger charge is 2.18. The quantitative estimate of drug-likeness (QED) is 0.554. The topological polar surface area (TPSA) is 92.5 Å². The number of thioether (sulfide) groups is 2. The van der Waals surface area contributed by atoms with Gasteiger partial charge in [0.25, 0.3) is 5.78 Å². The number of benzene rings is 1. The van der Waals surface area contributed by atoms with Crippen LogP contribution in [0.3, 0.4) is 0 Å². The van der Waals surface area contributed by atoms with Crippen molar-refractivity contribution < 1.29 is 9.59 Å². The summed E-state index contributed by atoms with van der Waals surface area (Å²) in [5, 5.41) is 8.02. The zero-order chi connectivity index (χ0) is 22.7. The van der Waals surface area contributed by atoms with Gasteiger partial charge in [0.1, 0.15) is 0 Å².